The third kappa shape index (κ3) is 3.89. The van der Waals surface area contributed by atoms with Crippen LogP contribution in [0.4, 0.5) is 0 Å². The Kier molecular flexibility index (Phi) is 5.88. The summed E-state index contributed by atoms with van der Waals surface area (Å²) in [5, 5.41) is 6.29. The number of carbonyl (C=O) groups excluding carboxylic acids is 2. The fourth-order valence-corrected chi connectivity index (χ4v) is 3.91. The Balaban J connectivity index is 0.00000161. The normalized spacial score (nSPS) is 29.5. The van der Waals surface area contributed by atoms with Crippen LogP contribution in [0.3, 0.4) is 0 Å². The zero-order valence-corrected chi connectivity index (χ0v) is 13.3. The van der Waals surface area contributed by atoms with Gasteiger partial charge < -0.3 is 15.5 Å². The number of amides is 2. The summed E-state index contributed by atoms with van der Waals surface area (Å²) >= 11 is 0. The SMILES string of the molecule is Cl.O=C1CC2CCC(CN1)N2C(=O)CCC1CCNCC1. The van der Waals surface area contributed by atoms with E-state index in [1.54, 1.807) is 0 Å². The van der Waals surface area contributed by atoms with Crippen LogP contribution >= 0.6 is 12.4 Å². The van der Waals surface area contributed by atoms with Crippen molar-refractivity contribution in [1.82, 2.24) is 15.5 Å². The number of piperidine rings is 1. The van der Waals surface area contributed by atoms with Crippen molar-refractivity contribution in [2.24, 2.45) is 5.92 Å². The summed E-state index contributed by atoms with van der Waals surface area (Å²) in [6.07, 6.45) is 6.60. The van der Waals surface area contributed by atoms with Gasteiger partial charge in [0, 0.05) is 31.5 Å². The second-order valence-electron chi connectivity index (χ2n) is 6.43. The number of carbonyl (C=O) groups is 2. The monoisotopic (exact) mass is 315 g/mol. The van der Waals surface area contributed by atoms with E-state index in [4.69, 9.17) is 0 Å². The predicted molar refractivity (Wildman–Crippen MR) is 83.4 cm³/mol. The van der Waals surface area contributed by atoms with Gasteiger partial charge in [0.05, 0.1) is 0 Å². The molecule has 3 fully saturated rings. The topological polar surface area (TPSA) is 61.4 Å². The molecule has 0 aromatic heterocycles. The molecular weight excluding hydrogens is 290 g/mol. The van der Waals surface area contributed by atoms with Crippen LogP contribution in [0.1, 0.15) is 44.9 Å². The van der Waals surface area contributed by atoms with Gasteiger partial charge in [-0.2, -0.15) is 0 Å². The Morgan fingerprint density at radius 1 is 1.14 bits per heavy atom. The van der Waals surface area contributed by atoms with Gasteiger partial charge in [-0.05, 0) is 51.1 Å². The molecule has 5 nitrogen and oxygen atoms in total. The minimum Gasteiger partial charge on any atom is -0.354 e. The Bertz CT molecular complexity index is 385. The average Bonchev–Trinajstić information content (AvgIpc) is 2.77. The molecule has 3 saturated heterocycles. The molecule has 2 bridgehead atoms. The molecule has 120 valence electrons. The van der Waals surface area contributed by atoms with Crippen molar-refractivity contribution in [3.63, 3.8) is 0 Å². The summed E-state index contributed by atoms with van der Waals surface area (Å²) in [6, 6.07) is 0.398. The smallest absolute Gasteiger partial charge is 0.223 e. The molecule has 3 rings (SSSR count). The van der Waals surface area contributed by atoms with Crippen molar-refractivity contribution >= 4 is 24.2 Å². The summed E-state index contributed by atoms with van der Waals surface area (Å²) in [6.45, 7) is 2.83. The molecule has 2 unspecified atom stereocenters. The maximum absolute atomic E-state index is 12.5. The Labute approximate surface area is 132 Å². The zero-order valence-electron chi connectivity index (χ0n) is 12.5. The number of nitrogens with zero attached hydrogens (tertiary/aromatic N) is 1. The second-order valence-corrected chi connectivity index (χ2v) is 6.43. The van der Waals surface area contributed by atoms with E-state index in [0.29, 0.717) is 25.3 Å². The lowest BCUT2D eigenvalue weighted by molar-refractivity contribution is -0.134. The molecule has 3 aliphatic rings. The predicted octanol–water partition coefficient (Wildman–Crippen LogP) is 1.07. The van der Waals surface area contributed by atoms with Gasteiger partial charge in [-0.1, -0.05) is 0 Å². The molecule has 2 atom stereocenters. The summed E-state index contributed by atoms with van der Waals surface area (Å²) in [5.41, 5.74) is 0. The fourth-order valence-electron chi connectivity index (χ4n) is 3.91. The van der Waals surface area contributed by atoms with E-state index >= 15 is 0 Å². The molecule has 0 spiro atoms. The number of rotatable bonds is 3. The molecule has 0 aromatic carbocycles. The lowest BCUT2D eigenvalue weighted by Gasteiger charge is -2.29. The van der Waals surface area contributed by atoms with E-state index in [9.17, 15) is 9.59 Å². The Hall–Kier alpha value is -0.810. The Morgan fingerprint density at radius 2 is 1.86 bits per heavy atom. The van der Waals surface area contributed by atoms with Gasteiger partial charge in [0.15, 0.2) is 0 Å². The van der Waals surface area contributed by atoms with E-state index in [0.717, 1.165) is 32.4 Å². The molecule has 2 amide bonds. The largest absolute Gasteiger partial charge is 0.354 e. The van der Waals surface area contributed by atoms with Crippen molar-refractivity contribution in [2.75, 3.05) is 19.6 Å². The lowest BCUT2D eigenvalue weighted by Crippen LogP contribution is -2.42. The van der Waals surface area contributed by atoms with E-state index in [2.05, 4.69) is 10.6 Å². The number of fused-ring (bicyclic) bond motifs is 2. The quantitative estimate of drug-likeness (QED) is 0.819. The van der Waals surface area contributed by atoms with E-state index in [-0.39, 0.29) is 36.3 Å². The molecule has 0 saturated carbocycles. The summed E-state index contributed by atoms with van der Waals surface area (Å²) < 4.78 is 0. The van der Waals surface area contributed by atoms with Crippen molar-refractivity contribution < 1.29 is 9.59 Å². The van der Waals surface area contributed by atoms with Crippen LogP contribution in [0.5, 0.6) is 0 Å². The average molecular weight is 316 g/mol. The first-order valence-electron chi connectivity index (χ1n) is 8.02. The van der Waals surface area contributed by atoms with Gasteiger partial charge in [-0.15, -0.1) is 12.4 Å². The molecule has 0 aliphatic carbocycles. The van der Waals surface area contributed by atoms with Crippen LogP contribution < -0.4 is 10.6 Å². The molecule has 21 heavy (non-hydrogen) atoms. The van der Waals surface area contributed by atoms with Crippen molar-refractivity contribution in [2.45, 2.75) is 57.0 Å². The van der Waals surface area contributed by atoms with Gasteiger partial charge in [-0.25, -0.2) is 0 Å². The van der Waals surface area contributed by atoms with E-state index in [1.165, 1.54) is 12.8 Å². The molecule has 2 N–H and O–H groups in total. The third-order valence-corrected chi connectivity index (χ3v) is 5.09. The Morgan fingerprint density at radius 3 is 2.62 bits per heavy atom. The van der Waals surface area contributed by atoms with Crippen LogP contribution in [0, 0.1) is 5.92 Å². The fraction of sp³-hybridized carbons (Fsp3) is 0.867. The van der Waals surface area contributed by atoms with E-state index < -0.39 is 0 Å². The number of hydrogen-bond donors (Lipinski definition) is 2. The highest BCUT2D eigenvalue weighted by atomic mass is 35.5. The van der Waals surface area contributed by atoms with Crippen molar-refractivity contribution in [1.29, 1.82) is 0 Å². The molecule has 6 heteroatoms. The first-order chi connectivity index (χ1) is 9.74. The highest BCUT2D eigenvalue weighted by Gasteiger charge is 2.39. The van der Waals surface area contributed by atoms with Crippen LogP contribution in [-0.2, 0) is 9.59 Å². The van der Waals surface area contributed by atoms with Gasteiger partial charge in [0.25, 0.3) is 0 Å². The summed E-state index contributed by atoms with van der Waals surface area (Å²) in [7, 11) is 0. The number of halogens is 1. The maximum atomic E-state index is 12.5. The summed E-state index contributed by atoms with van der Waals surface area (Å²) in [4.78, 5) is 26.1. The molecular formula is C15H26ClN3O2. The van der Waals surface area contributed by atoms with Gasteiger partial charge in [0.1, 0.15) is 0 Å². The lowest BCUT2D eigenvalue weighted by atomic mass is 9.93. The summed E-state index contributed by atoms with van der Waals surface area (Å²) in [5.74, 6) is 1.07. The first kappa shape index (κ1) is 16.6. The molecule has 3 heterocycles. The van der Waals surface area contributed by atoms with Crippen LogP contribution in [-0.4, -0.2) is 48.4 Å². The number of nitrogens with one attached hydrogen (secondary N) is 2. The third-order valence-electron chi connectivity index (χ3n) is 5.09. The minimum absolute atomic E-state index is 0. The van der Waals surface area contributed by atoms with Gasteiger partial charge in [-0.3, -0.25) is 9.59 Å². The highest BCUT2D eigenvalue weighted by Crippen LogP contribution is 2.30. The first-order valence-corrected chi connectivity index (χ1v) is 8.02. The standard InChI is InChI=1S/C15H25N3O2.ClH/c19-14-9-12-2-3-13(10-17-14)18(12)15(20)4-1-11-5-7-16-8-6-11;/h11-13,16H,1-10H2,(H,17,19);1H. The van der Waals surface area contributed by atoms with Gasteiger partial charge in [0.2, 0.25) is 11.8 Å². The van der Waals surface area contributed by atoms with E-state index in [1.807, 2.05) is 4.90 Å². The maximum Gasteiger partial charge on any atom is 0.223 e. The minimum atomic E-state index is 0. The van der Waals surface area contributed by atoms with Crippen molar-refractivity contribution in [3.05, 3.63) is 0 Å². The zero-order chi connectivity index (χ0) is 13.9. The molecule has 0 radical (unpaired) electrons. The van der Waals surface area contributed by atoms with Gasteiger partial charge >= 0.3 is 0 Å². The molecule has 0 aromatic rings. The molecule has 3 aliphatic heterocycles. The van der Waals surface area contributed by atoms with Crippen LogP contribution in [0.15, 0.2) is 0 Å². The van der Waals surface area contributed by atoms with Crippen LogP contribution in [0.25, 0.3) is 0 Å². The highest BCUT2D eigenvalue weighted by molar-refractivity contribution is 5.85. The van der Waals surface area contributed by atoms with Crippen LogP contribution in [0.2, 0.25) is 0 Å². The van der Waals surface area contributed by atoms with Crippen molar-refractivity contribution in [3.8, 4) is 0 Å². The number of hydrogen-bond acceptors (Lipinski definition) is 3. The second kappa shape index (κ2) is 7.45.